The van der Waals surface area contributed by atoms with Crippen molar-refractivity contribution in [2.45, 2.75) is 13.8 Å². The fourth-order valence-corrected chi connectivity index (χ4v) is 1.79. The molecule has 0 fully saturated rings. The van der Waals surface area contributed by atoms with Gasteiger partial charge in [-0.2, -0.15) is 0 Å². The van der Waals surface area contributed by atoms with Gasteiger partial charge >= 0.3 is 7.12 Å². The molecule has 1 aromatic rings. The van der Waals surface area contributed by atoms with Gasteiger partial charge in [0.05, 0.1) is 6.61 Å². The monoisotopic (exact) mass is 281 g/mol. The van der Waals surface area contributed by atoms with E-state index in [1.54, 1.807) is 24.3 Å². The zero-order chi connectivity index (χ0) is 14.8. The molecule has 0 aromatic heterocycles. The molecular formula is C14H24BNO4. The van der Waals surface area contributed by atoms with E-state index in [0.29, 0.717) is 12.1 Å². The quantitative estimate of drug-likeness (QED) is 0.470. The number of ether oxygens (including phenoxy) is 2. The highest BCUT2D eigenvalue weighted by Crippen LogP contribution is 2.07. The van der Waals surface area contributed by atoms with Crippen LogP contribution < -0.4 is 10.2 Å². The van der Waals surface area contributed by atoms with Gasteiger partial charge < -0.3 is 19.5 Å². The van der Waals surface area contributed by atoms with E-state index in [9.17, 15) is 0 Å². The normalized spacial score (nSPS) is 10.8. The van der Waals surface area contributed by atoms with Crippen LogP contribution in [0.2, 0.25) is 0 Å². The molecule has 0 saturated carbocycles. The van der Waals surface area contributed by atoms with Gasteiger partial charge in [0.2, 0.25) is 0 Å². The Labute approximate surface area is 121 Å². The summed E-state index contributed by atoms with van der Waals surface area (Å²) >= 11 is 0. The molecule has 0 aliphatic carbocycles. The molecule has 0 saturated heterocycles. The van der Waals surface area contributed by atoms with E-state index < -0.39 is 7.12 Å². The Morgan fingerprint density at radius 2 is 1.70 bits per heavy atom. The summed E-state index contributed by atoms with van der Waals surface area (Å²) in [4.78, 5) is 2.27. The first kappa shape index (κ1) is 17.0. The molecule has 0 amide bonds. The minimum atomic E-state index is -1.43. The Kier molecular flexibility index (Phi) is 8.29. The second-order valence-electron chi connectivity index (χ2n) is 4.42. The van der Waals surface area contributed by atoms with Crippen molar-refractivity contribution in [3.05, 3.63) is 24.3 Å². The summed E-state index contributed by atoms with van der Waals surface area (Å²) < 4.78 is 11.0. The van der Waals surface area contributed by atoms with Gasteiger partial charge in [0.1, 0.15) is 12.4 Å². The van der Waals surface area contributed by atoms with Crippen LogP contribution in [0.15, 0.2) is 24.3 Å². The molecule has 20 heavy (non-hydrogen) atoms. The van der Waals surface area contributed by atoms with Gasteiger partial charge in [0.25, 0.3) is 0 Å². The standard InChI is InChI=1S/C14H24BNO4/c1-3-16(9-11-19-4-2)10-12-20-14-7-5-13(6-8-14)15(17)18/h5-8,17-18H,3-4,9-12H2,1-2H3. The van der Waals surface area contributed by atoms with Crippen molar-refractivity contribution < 1.29 is 19.5 Å². The predicted molar refractivity (Wildman–Crippen MR) is 80.4 cm³/mol. The Morgan fingerprint density at radius 1 is 1.05 bits per heavy atom. The lowest BCUT2D eigenvalue weighted by atomic mass is 9.80. The molecule has 0 aliphatic heterocycles. The predicted octanol–water partition coefficient (Wildman–Crippen LogP) is 0.104. The molecule has 1 aromatic carbocycles. The van der Waals surface area contributed by atoms with Crippen molar-refractivity contribution in [2.75, 3.05) is 39.5 Å². The van der Waals surface area contributed by atoms with Crippen LogP contribution in [0.1, 0.15) is 13.8 Å². The van der Waals surface area contributed by atoms with Crippen molar-refractivity contribution in [2.24, 2.45) is 0 Å². The number of rotatable bonds is 10. The highest BCUT2D eigenvalue weighted by Gasteiger charge is 2.10. The first-order valence-corrected chi connectivity index (χ1v) is 7.06. The Bertz CT molecular complexity index is 359. The van der Waals surface area contributed by atoms with Crippen LogP contribution in [0.3, 0.4) is 0 Å². The third-order valence-electron chi connectivity index (χ3n) is 3.06. The lowest BCUT2D eigenvalue weighted by Crippen LogP contribution is -2.31. The third kappa shape index (κ3) is 6.39. The van der Waals surface area contributed by atoms with E-state index in [1.807, 2.05) is 6.92 Å². The molecule has 0 heterocycles. The van der Waals surface area contributed by atoms with E-state index in [0.717, 1.165) is 38.6 Å². The molecule has 0 atom stereocenters. The fraction of sp³-hybridized carbons (Fsp3) is 0.571. The molecule has 0 radical (unpaired) electrons. The smallest absolute Gasteiger partial charge is 0.488 e. The first-order valence-electron chi connectivity index (χ1n) is 7.06. The number of benzene rings is 1. The maximum atomic E-state index is 8.99. The van der Waals surface area contributed by atoms with Crippen molar-refractivity contribution >= 4 is 12.6 Å². The molecule has 5 nitrogen and oxygen atoms in total. The topological polar surface area (TPSA) is 62.2 Å². The summed E-state index contributed by atoms with van der Waals surface area (Å²) in [6.45, 7) is 8.91. The average molecular weight is 281 g/mol. The summed E-state index contributed by atoms with van der Waals surface area (Å²) in [5.41, 5.74) is 0.462. The Morgan fingerprint density at radius 3 is 2.25 bits per heavy atom. The minimum Gasteiger partial charge on any atom is -0.492 e. The van der Waals surface area contributed by atoms with Crippen LogP contribution in [-0.2, 0) is 4.74 Å². The molecule has 0 aliphatic rings. The van der Waals surface area contributed by atoms with Gasteiger partial charge in [-0.15, -0.1) is 0 Å². The second-order valence-corrected chi connectivity index (χ2v) is 4.42. The van der Waals surface area contributed by atoms with Crippen molar-refractivity contribution in [3.63, 3.8) is 0 Å². The number of hydrogen-bond acceptors (Lipinski definition) is 5. The molecule has 112 valence electrons. The summed E-state index contributed by atoms with van der Waals surface area (Å²) in [5, 5.41) is 18.0. The number of nitrogens with zero attached hydrogens (tertiary/aromatic N) is 1. The van der Waals surface area contributed by atoms with Gasteiger partial charge in [-0.25, -0.2) is 0 Å². The van der Waals surface area contributed by atoms with Crippen molar-refractivity contribution in [1.82, 2.24) is 4.90 Å². The van der Waals surface area contributed by atoms with Gasteiger partial charge in [-0.05, 0) is 31.1 Å². The van der Waals surface area contributed by atoms with Gasteiger partial charge in [0, 0.05) is 19.7 Å². The van der Waals surface area contributed by atoms with E-state index in [2.05, 4.69) is 11.8 Å². The minimum absolute atomic E-state index is 0.462. The zero-order valence-corrected chi connectivity index (χ0v) is 12.3. The van der Waals surface area contributed by atoms with Gasteiger partial charge in [0.15, 0.2) is 0 Å². The van der Waals surface area contributed by atoms with Crippen molar-refractivity contribution in [1.29, 1.82) is 0 Å². The molecule has 0 spiro atoms. The van der Waals surface area contributed by atoms with E-state index >= 15 is 0 Å². The highest BCUT2D eigenvalue weighted by molar-refractivity contribution is 6.58. The van der Waals surface area contributed by atoms with Crippen LogP contribution in [-0.4, -0.2) is 61.5 Å². The Hall–Kier alpha value is -1.08. The fourth-order valence-electron chi connectivity index (χ4n) is 1.79. The van der Waals surface area contributed by atoms with Crippen LogP contribution in [0.25, 0.3) is 0 Å². The summed E-state index contributed by atoms with van der Waals surface area (Å²) in [5.74, 6) is 0.732. The third-order valence-corrected chi connectivity index (χ3v) is 3.06. The SMILES string of the molecule is CCOCCN(CC)CCOc1ccc(B(O)O)cc1. The summed E-state index contributed by atoms with van der Waals surface area (Å²) in [6.07, 6.45) is 0. The average Bonchev–Trinajstić information content (AvgIpc) is 2.46. The van der Waals surface area contributed by atoms with Crippen LogP contribution in [0, 0.1) is 0 Å². The largest absolute Gasteiger partial charge is 0.492 e. The molecule has 2 N–H and O–H groups in total. The lowest BCUT2D eigenvalue weighted by Gasteiger charge is -2.20. The van der Waals surface area contributed by atoms with Crippen molar-refractivity contribution in [3.8, 4) is 5.75 Å². The zero-order valence-electron chi connectivity index (χ0n) is 12.3. The molecule has 0 unspecified atom stereocenters. The Balaban J connectivity index is 2.28. The highest BCUT2D eigenvalue weighted by atomic mass is 16.5. The second kappa shape index (κ2) is 9.77. The molecule has 0 bridgehead atoms. The molecule has 6 heteroatoms. The lowest BCUT2D eigenvalue weighted by molar-refractivity contribution is 0.108. The number of likely N-dealkylation sites (N-methyl/N-ethyl adjacent to an activating group) is 1. The summed E-state index contributed by atoms with van der Waals surface area (Å²) in [7, 11) is -1.43. The maximum absolute atomic E-state index is 8.99. The summed E-state index contributed by atoms with van der Waals surface area (Å²) in [6, 6.07) is 6.77. The molecular weight excluding hydrogens is 257 g/mol. The van der Waals surface area contributed by atoms with Gasteiger partial charge in [-0.3, -0.25) is 4.90 Å². The first-order chi connectivity index (χ1) is 9.67. The van der Waals surface area contributed by atoms with E-state index in [1.165, 1.54) is 0 Å². The van der Waals surface area contributed by atoms with Gasteiger partial charge in [-0.1, -0.05) is 19.1 Å². The number of hydrogen-bond donors (Lipinski definition) is 2. The van der Waals surface area contributed by atoms with Crippen LogP contribution in [0.4, 0.5) is 0 Å². The maximum Gasteiger partial charge on any atom is 0.488 e. The van der Waals surface area contributed by atoms with Crippen LogP contribution in [0.5, 0.6) is 5.75 Å². The van der Waals surface area contributed by atoms with Crippen LogP contribution >= 0.6 is 0 Å². The molecule has 1 rings (SSSR count). The van der Waals surface area contributed by atoms with E-state index in [4.69, 9.17) is 19.5 Å². The van der Waals surface area contributed by atoms with E-state index in [-0.39, 0.29) is 0 Å².